The predicted molar refractivity (Wildman–Crippen MR) is 97.6 cm³/mol. The molecule has 2 rings (SSSR count). The maximum absolute atomic E-state index is 12.3. The van der Waals surface area contributed by atoms with Crippen LogP contribution in [0.1, 0.15) is 25.5 Å². The molecule has 2 atom stereocenters. The smallest absolute Gasteiger partial charge is 0.241 e. The van der Waals surface area contributed by atoms with E-state index in [9.17, 15) is 4.79 Å². The molecule has 0 bridgehead atoms. The van der Waals surface area contributed by atoms with E-state index in [-0.39, 0.29) is 11.9 Å². The molecule has 122 valence electrons. The van der Waals surface area contributed by atoms with E-state index in [0.29, 0.717) is 20.8 Å². The van der Waals surface area contributed by atoms with Crippen molar-refractivity contribution in [3.8, 4) is 0 Å². The Hall–Kier alpha value is -1.26. The minimum Gasteiger partial charge on any atom is -0.323 e. The number of carbonyl (C=O) groups is 1. The molecule has 2 N–H and O–H groups in total. The van der Waals surface area contributed by atoms with Crippen molar-refractivity contribution in [3.63, 3.8) is 0 Å². The highest BCUT2D eigenvalue weighted by molar-refractivity contribution is 6.35. The molecule has 23 heavy (non-hydrogen) atoms. The Bertz CT molecular complexity index is 689. The first-order chi connectivity index (χ1) is 10.9. The molecule has 0 saturated heterocycles. The van der Waals surface area contributed by atoms with Gasteiger partial charge in [-0.2, -0.15) is 0 Å². The first kappa shape index (κ1) is 18.1. The lowest BCUT2D eigenvalue weighted by Gasteiger charge is -2.20. The third kappa shape index (κ3) is 5.11. The zero-order valence-corrected chi connectivity index (χ0v) is 15.0. The zero-order valence-electron chi connectivity index (χ0n) is 12.7. The van der Waals surface area contributed by atoms with E-state index in [1.165, 1.54) is 0 Å². The summed E-state index contributed by atoms with van der Waals surface area (Å²) in [6.07, 6.45) is 0. The van der Waals surface area contributed by atoms with Gasteiger partial charge in [0, 0.05) is 16.1 Å². The van der Waals surface area contributed by atoms with Gasteiger partial charge in [0.1, 0.15) is 0 Å². The molecular weight excluding hydrogens is 355 g/mol. The third-order valence-electron chi connectivity index (χ3n) is 3.45. The van der Waals surface area contributed by atoms with E-state index in [2.05, 4.69) is 10.6 Å². The molecule has 0 radical (unpaired) electrons. The van der Waals surface area contributed by atoms with Crippen LogP contribution in [0.2, 0.25) is 15.1 Å². The number of rotatable bonds is 5. The van der Waals surface area contributed by atoms with Crippen molar-refractivity contribution in [3.05, 3.63) is 63.1 Å². The highest BCUT2D eigenvalue weighted by atomic mass is 35.5. The highest BCUT2D eigenvalue weighted by Gasteiger charge is 2.17. The number of amides is 1. The molecule has 0 aliphatic carbocycles. The second kappa shape index (κ2) is 8.02. The van der Waals surface area contributed by atoms with Gasteiger partial charge in [0.05, 0.1) is 16.8 Å². The van der Waals surface area contributed by atoms with Crippen LogP contribution in [0.15, 0.2) is 42.5 Å². The number of nitrogens with one attached hydrogen (secondary N) is 2. The van der Waals surface area contributed by atoms with E-state index in [1.807, 2.05) is 31.2 Å². The molecule has 1 amide bonds. The minimum atomic E-state index is -0.407. The maximum atomic E-state index is 12.3. The van der Waals surface area contributed by atoms with Gasteiger partial charge in [0.15, 0.2) is 0 Å². The van der Waals surface area contributed by atoms with E-state index in [4.69, 9.17) is 34.8 Å². The van der Waals surface area contributed by atoms with Gasteiger partial charge in [-0.3, -0.25) is 10.1 Å². The zero-order chi connectivity index (χ0) is 17.0. The molecule has 0 aliphatic heterocycles. The standard InChI is InChI=1S/C17H17Cl3N2O/c1-10(12-3-5-13(18)6-4-12)21-11(2)17(23)22-16-9-14(19)7-8-15(16)20/h3-11,21H,1-2H3,(H,22,23)/t10-,11+/m1/s1. The molecule has 0 aromatic heterocycles. The molecule has 0 aliphatic rings. The van der Waals surface area contributed by atoms with Crippen molar-refractivity contribution >= 4 is 46.4 Å². The quantitative estimate of drug-likeness (QED) is 0.746. The van der Waals surface area contributed by atoms with Crippen LogP contribution >= 0.6 is 34.8 Å². The summed E-state index contributed by atoms with van der Waals surface area (Å²) in [5, 5.41) is 7.66. The fourth-order valence-electron chi connectivity index (χ4n) is 2.13. The number of benzene rings is 2. The predicted octanol–water partition coefficient (Wildman–Crippen LogP) is 5.32. The van der Waals surface area contributed by atoms with Gasteiger partial charge in [-0.15, -0.1) is 0 Å². The summed E-state index contributed by atoms with van der Waals surface area (Å²) in [6.45, 7) is 3.78. The lowest BCUT2D eigenvalue weighted by molar-refractivity contribution is -0.117. The van der Waals surface area contributed by atoms with Gasteiger partial charge in [0.2, 0.25) is 5.91 Å². The fourth-order valence-corrected chi connectivity index (χ4v) is 2.60. The van der Waals surface area contributed by atoms with Gasteiger partial charge in [-0.1, -0.05) is 46.9 Å². The second-order valence-corrected chi connectivity index (χ2v) is 6.56. The van der Waals surface area contributed by atoms with Crippen LogP contribution in [0.25, 0.3) is 0 Å². The summed E-state index contributed by atoms with van der Waals surface area (Å²) in [7, 11) is 0. The van der Waals surface area contributed by atoms with Crippen LogP contribution in [0.5, 0.6) is 0 Å². The molecule has 0 spiro atoms. The molecule has 6 heteroatoms. The first-order valence-electron chi connectivity index (χ1n) is 7.14. The van der Waals surface area contributed by atoms with Crippen LogP contribution in [0.3, 0.4) is 0 Å². The van der Waals surface area contributed by atoms with Crippen molar-refractivity contribution in [1.82, 2.24) is 5.32 Å². The van der Waals surface area contributed by atoms with Gasteiger partial charge in [-0.25, -0.2) is 0 Å². The van der Waals surface area contributed by atoms with Crippen LogP contribution in [0, 0.1) is 0 Å². The summed E-state index contributed by atoms with van der Waals surface area (Å²) >= 11 is 17.9. The molecule has 3 nitrogen and oxygen atoms in total. The van der Waals surface area contributed by atoms with Crippen molar-refractivity contribution in [2.24, 2.45) is 0 Å². The van der Waals surface area contributed by atoms with Gasteiger partial charge in [-0.05, 0) is 49.7 Å². The lowest BCUT2D eigenvalue weighted by atomic mass is 10.1. The Kier molecular flexibility index (Phi) is 6.31. The van der Waals surface area contributed by atoms with Crippen LogP contribution in [0.4, 0.5) is 5.69 Å². The van der Waals surface area contributed by atoms with Gasteiger partial charge in [0.25, 0.3) is 0 Å². The summed E-state index contributed by atoms with van der Waals surface area (Å²) < 4.78 is 0. The normalized spacial score (nSPS) is 13.4. The number of hydrogen-bond acceptors (Lipinski definition) is 2. The topological polar surface area (TPSA) is 41.1 Å². The Morgan fingerprint density at radius 1 is 0.957 bits per heavy atom. The lowest BCUT2D eigenvalue weighted by Crippen LogP contribution is -2.39. The molecule has 2 aromatic carbocycles. The Morgan fingerprint density at radius 2 is 1.57 bits per heavy atom. The molecular formula is C17H17Cl3N2O. The Morgan fingerprint density at radius 3 is 2.22 bits per heavy atom. The molecule has 2 aromatic rings. The largest absolute Gasteiger partial charge is 0.323 e. The van der Waals surface area contributed by atoms with Crippen molar-refractivity contribution < 1.29 is 4.79 Å². The Labute approximate surface area is 150 Å². The molecule has 0 unspecified atom stereocenters. The molecule has 0 saturated carbocycles. The number of anilines is 1. The van der Waals surface area contributed by atoms with Crippen molar-refractivity contribution in [2.75, 3.05) is 5.32 Å². The van der Waals surface area contributed by atoms with E-state index in [0.717, 1.165) is 5.56 Å². The SMILES string of the molecule is C[C@H](N[C@H](C)c1ccc(Cl)cc1)C(=O)Nc1cc(Cl)ccc1Cl. The van der Waals surface area contributed by atoms with E-state index < -0.39 is 6.04 Å². The summed E-state index contributed by atoms with van der Waals surface area (Å²) in [5.41, 5.74) is 1.55. The van der Waals surface area contributed by atoms with Crippen molar-refractivity contribution in [2.45, 2.75) is 25.9 Å². The van der Waals surface area contributed by atoms with Crippen LogP contribution < -0.4 is 10.6 Å². The first-order valence-corrected chi connectivity index (χ1v) is 8.27. The highest BCUT2D eigenvalue weighted by Crippen LogP contribution is 2.25. The molecule has 0 heterocycles. The fraction of sp³-hybridized carbons (Fsp3) is 0.235. The maximum Gasteiger partial charge on any atom is 0.241 e. The van der Waals surface area contributed by atoms with Crippen LogP contribution in [-0.4, -0.2) is 11.9 Å². The van der Waals surface area contributed by atoms with Crippen LogP contribution in [-0.2, 0) is 4.79 Å². The Balaban J connectivity index is 1.99. The summed E-state index contributed by atoms with van der Waals surface area (Å²) in [5.74, 6) is -0.185. The van der Waals surface area contributed by atoms with Crippen molar-refractivity contribution in [1.29, 1.82) is 0 Å². The number of carbonyl (C=O) groups excluding carboxylic acids is 1. The monoisotopic (exact) mass is 370 g/mol. The number of hydrogen-bond donors (Lipinski definition) is 2. The van der Waals surface area contributed by atoms with Gasteiger partial charge >= 0.3 is 0 Å². The van der Waals surface area contributed by atoms with E-state index >= 15 is 0 Å². The average molecular weight is 372 g/mol. The third-order valence-corrected chi connectivity index (χ3v) is 4.27. The minimum absolute atomic E-state index is 0.00264. The van der Waals surface area contributed by atoms with E-state index in [1.54, 1.807) is 25.1 Å². The average Bonchev–Trinajstić information content (AvgIpc) is 2.51. The number of halogens is 3. The molecule has 0 fully saturated rings. The second-order valence-electron chi connectivity index (χ2n) is 5.28. The van der Waals surface area contributed by atoms with Gasteiger partial charge < -0.3 is 5.32 Å². The summed E-state index contributed by atoms with van der Waals surface area (Å²) in [6, 6.07) is 12.0. The summed E-state index contributed by atoms with van der Waals surface area (Å²) in [4.78, 5) is 12.3.